The first-order valence-corrected chi connectivity index (χ1v) is 7.25. The monoisotopic (exact) mass is 287 g/mol. The summed E-state index contributed by atoms with van der Waals surface area (Å²) in [6, 6.07) is 3.42. The van der Waals surface area contributed by atoms with Crippen LogP contribution in [0.1, 0.15) is 25.8 Å². The summed E-state index contributed by atoms with van der Waals surface area (Å²) in [6.07, 6.45) is 0.335. The third-order valence-corrected chi connectivity index (χ3v) is 4.84. The van der Waals surface area contributed by atoms with Crippen LogP contribution in [0.2, 0.25) is 0 Å². The molecule has 1 aromatic rings. The van der Waals surface area contributed by atoms with Gasteiger partial charge in [0.15, 0.2) is 0 Å². The second kappa shape index (κ2) is 5.26. The quantitative estimate of drug-likeness (QED) is 0.566. The van der Waals surface area contributed by atoms with Crippen LogP contribution in [0, 0.1) is 18.2 Å². The minimum atomic E-state index is -3.86. The van der Waals surface area contributed by atoms with Crippen LogP contribution >= 0.6 is 0 Å². The number of rotatable bonds is 5. The van der Waals surface area contributed by atoms with Crippen molar-refractivity contribution in [3.8, 4) is 0 Å². The molecular formula is C12H18FN3O2S. The lowest BCUT2D eigenvalue weighted by atomic mass is 10.00. The standard InChI is InChI=1S/C12H18FN3O2S/c1-4-12(3,11(14)15)16-19(17,18)10-6-5-9(13)7-8(10)2/h5-7,16H,4H2,1-3H3,(H3,14,15). The second-order valence-electron chi connectivity index (χ2n) is 4.61. The molecule has 1 rings (SSSR count). The molecule has 0 fully saturated rings. The van der Waals surface area contributed by atoms with Gasteiger partial charge >= 0.3 is 0 Å². The molecule has 19 heavy (non-hydrogen) atoms. The highest BCUT2D eigenvalue weighted by molar-refractivity contribution is 7.89. The molecule has 0 aromatic heterocycles. The van der Waals surface area contributed by atoms with Gasteiger partial charge in [0.05, 0.1) is 10.4 Å². The Hall–Kier alpha value is -1.47. The van der Waals surface area contributed by atoms with Crippen molar-refractivity contribution >= 4 is 15.9 Å². The fourth-order valence-electron chi connectivity index (χ4n) is 1.58. The first-order chi connectivity index (χ1) is 8.62. The van der Waals surface area contributed by atoms with Crippen LogP contribution in [0.15, 0.2) is 23.1 Å². The van der Waals surface area contributed by atoms with Crippen molar-refractivity contribution in [1.82, 2.24) is 4.72 Å². The predicted octanol–water partition coefficient (Wildman–Crippen LogP) is 1.52. The van der Waals surface area contributed by atoms with Gasteiger partial charge in [-0.25, -0.2) is 12.8 Å². The molecule has 1 aromatic carbocycles. The summed E-state index contributed by atoms with van der Waals surface area (Å²) < 4.78 is 39.9. The molecule has 0 heterocycles. The number of nitrogens with one attached hydrogen (secondary N) is 2. The Balaban J connectivity index is 3.22. The lowest BCUT2D eigenvalue weighted by Gasteiger charge is -2.28. The van der Waals surface area contributed by atoms with Gasteiger partial charge in [-0.05, 0) is 44.0 Å². The van der Waals surface area contributed by atoms with E-state index in [-0.39, 0.29) is 10.7 Å². The molecular weight excluding hydrogens is 269 g/mol. The fourth-order valence-corrected chi connectivity index (χ4v) is 3.27. The first kappa shape index (κ1) is 15.6. The Labute approximate surface area is 112 Å². The summed E-state index contributed by atoms with van der Waals surface area (Å²) in [5.74, 6) is -0.764. The van der Waals surface area contributed by atoms with Gasteiger partial charge < -0.3 is 5.73 Å². The molecule has 0 saturated carbocycles. The molecule has 0 aliphatic heterocycles. The highest BCUT2D eigenvalue weighted by Gasteiger charge is 2.32. The number of halogens is 1. The summed E-state index contributed by atoms with van der Waals surface area (Å²) in [5.41, 5.74) is 4.57. The molecule has 0 bridgehead atoms. The number of hydrogen-bond acceptors (Lipinski definition) is 3. The van der Waals surface area contributed by atoms with E-state index in [9.17, 15) is 12.8 Å². The largest absolute Gasteiger partial charge is 0.386 e. The topological polar surface area (TPSA) is 96.0 Å². The van der Waals surface area contributed by atoms with E-state index < -0.39 is 21.4 Å². The third kappa shape index (κ3) is 3.30. The first-order valence-electron chi connectivity index (χ1n) is 5.77. The molecule has 0 spiro atoms. The van der Waals surface area contributed by atoms with E-state index in [0.29, 0.717) is 12.0 Å². The van der Waals surface area contributed by atoms with Gasteiger partial charge in [0, 0.05) is 0 Å². The fraction of sp³-hybridized carbons (Fsp3) is 0.417. The zero-order chi connectivity index (χ0) is 14.8. The molecule has 7 heteroatoms. The lowest BCUT2D eigenvalue weighted by Crippen LogP contribution is -2.54. The third-order valence-electron chi connectivity index (χ3n) is 3.09. The van der Waals surface area contributed by atoms with E-state index in [1.54, 1.807) is 6.92 Å². The number of aryl methyl sites for hydroxylation is 1. The molecule has 5 nitrogen and oxygen atoms in total. The lowest BCUT2D eigenvalue weighted by molar-refractivity contribution is 0.505. The number of sulfonamides is 1. The average molecular weight is 287 g/mol. The minimum Gasteiger partial charge on any atom is -0.386 e. The Bertz CT molecular complexity index is 601. The van der Waals surface area contributed by atoms with Gasteiger partial charge in [0.2, 0.25) is 10.0 Å². The summed E-state index contributed by atoms with van der Waals surface area (Å²) >= 11 is 0. The molecule has 0 aliphatic rings. The van der Waals surface area contributed by atoms with Crippen LogP contribution in [0.4, 0.5) is 4.39 Å². The van der Waals surface area contributed by atoms with Crippen molar-refractivity contribution in [3.63, 3.8) is 0 Å². The summed E-state index contributed by atoms with van der Waals surface area (Å²) in [6.45, 7) is 4.77. The Morgan fingerprint density at radius 2 is 2.11 bits per heavy atom. The van der Waals surface area contributed by atoms with Gasteiger partial charge in [-0.2, -0.15) is 4.72 Å². The molecule has 0 radical (unpaired) electrons. The zero-order valence-electron chi connectivity index (χ0n) is 11.1. The van der Waals surface area contributed by atoms with Crippen molar-refractivity contribution < 1.29 is 12.8 Å². The van der Waals surface area contributed by atoms with Crippen LogP contribution in [0.3, 0.4) is 0 Å². The molecule has 106 valence electrons. The molecule has 1 unspecified atom stereocenters. The van der Waals surface area contributed by atoms with E-state index in [1.165, 1.54) is 19.9 Å². The average Bonchev–Trinajstić information content (AvgIpc) is 2.27. The van der Waals surface area contributed by atoms with Gasteiger partial charge in [0.25, 0.3) is 0 Å². The van der Waals surface area contributed by atoms with E-state index in [1.807, 2.05) is 0 Å². The zero-order valence-corrected chi connectivity index (χ0v) is 11.9. The van der Waals surface area contributed by atoms with Crippen molar-refractivity contribution in [1.29, 1.82) is 5.41 Å². The maximum Gasteiger partial charge on any atom is 0.241 e. The highest BCUT2D eigenvalue weighted by Crippen LogP contribution is 2.19. The van der Waals surface area contributed by atoms with Crippen molar-refractivity contribution in [2.75, 3.05) is 0 Å². The van der Waals surface area contributed by atoms with Crippen LogP contribution in [-0.2, 0) is 10.0 Å². The van der Waals surface area contributed by atoms with E-state index in [0.717, 1.165) is 12.1 Å². The van der Waals surface area contributed by atoms with Crippen LogP contribution in [-0.4, -0.2) is 19.8 Å². The second-order valence-corrected chi connectivity index (χ2v) is 6.27. The van der Waals surface area contributed by atoms with Gasteiger partial charge in [0.1, 0.15) is 11.7 Å². The number of nitrogens with two attached hydrogens (primary N) is 1. The maximum absolute atomic E-state index is 13.0. The van der Waals surface area contributed by atoms with Crippen LogP contribution in [0.25, 0.3) is 0 Å². The summed E-state index contributed by atoms with van der Waals surface area (Å²) in [4.78, 5) is -0.0187. The van der Waals surface area contributed by atoms with Crippen LogP contribution in [0.5, 0.6) is 0 Å². The minimum absolute atomic E-state index is 0.0187. The Kier molecular flexibility index (Phi) is 4.32. The number of benzene rings is 1. The van der Waals surface area contributed by atoms with Gasteiger partial charge in [-0.3, -0.25) is 5.41 Å². The normalized spacial score (nSPS) is 14.9. The van der Waals surface area contributed by atoms with Crippen LogP contribution < -0.4 is 10.5 Å². The molecule has 4 N–H and O–H groups in total. The highest BCUT2D eigenvalue weighted by atomic mass is 32.2. The predicted molar refractivity (Wildman–Crippen MR) is 72.1 cm³/mol. The summed E-state index contributed by atoms with van der Waals surface area (Å²) in [5, 5.41) is 7.47. The SMILES string of the molecule is CCC(C)(NS(=O)(=O)c1ccc(F)cc1C)C(=N)N. The Morgan fingerprint density at radius 3 is 2.53 bits per heavy atom. The van der Waals surface area contributed by atoms with E-state index >= 15 is 0 Å². The Morgan fingerprint density at radius 1 is 1.53 bits per heavy atom. The van der Waals surface area contributed by atoms with Crippen molar-refractivity contribution in [3.05, 3.63) is 29.6 Å². The molecule has 0 saturated heterocycles. The van der Waals surface area contributed by atoms with Gasteiger partial charge in [-0.15, -0.1) is 0 Å². The summed E-state index contributed by atoms with van der Waals surface area (Å²) in [7, 11) is -3.86. The smallest absolute Gasteiger partial charge is 0.241 e. The number of amidine groups is 1. The molecule has 1 atom stereocenters. The molecule has 0 amide bonds. The van der Waals surface area contributed by atoms with Gasteiger partial charge in [-0.1, -0.05) is 6.92 Å². The van der Waals surface area contributed by atoms with Crippen molar-refractivity contribution in [2.24, 2.45) is 5.73 Å². The van der Waals surface area contributed by atoms with E-state index in [4.69, 9.17) is 11.1 Å². The maximum atomic E-state index is 13.0. The number of hydrogen-bond donors (Lipinski definition) is 3. The molecule has 0 aliphatic carbocycles. The van der Waals surface area contributed by atoms with E-state index in [2.05, 4.69) is 4.72 Å². The van der Waals surface area contributed by atoms with Crippen molar-refractivity contribution in [2.45, 2.75) is 37.6 Å².